The number of carboxylic acid groups (broad SMARTS) is 1. The highest BCUT2D eigenvalue weighted by molar-refractivity contribution is 9.10. The van der Waals surface area contributed by atoms with E-state index in [9.17, 15) is 13.6 Å². The Hall–Kier alpha value is -1.63. The maximum absolute atomic E-state index is 12.3. The fraction of sp³-hybridized carbons (Fsp3) is 0.250. The zero-order valence-corrected chi connectivity index (χ0v) is 11.5. The lowest BCUT2D eigenvalue weighted by molar-refractivity contribution is -0.131. The van der Waals surface area contributed by atoms with Crippen molar-refractivity contribution in [3.63, 3.8) is 0 Å². The lowest BCUT2D eigenvalue weighted by atomic mass is 10.2. The van der Waals surface area contributed by atoms with Crippen LogP contribution in [0.15, 0.2) is 22.7 Å². The highest BCUT2D eigenvalue weighted by Gasteiger charge is 2.15. The molecule has 4 nitrogen and oxygen atoms in total. The highest BCUT2D eigenvalue weighted by atomic mass is 79.9. The molecule has 0 heterocycles. The van der Waals surface area contributed by atoms with Crippen LogP contribution < -0.4 is 9.47 Å². The number of halogens is 3. The Morgan fingerprint density at radius 3 is 2.74 bits per heavy atom. The lowest BCUT2D eigenvalue weighted by Gasteiger charge is -2.13. The van der Waals surface area contributed by atoms with Crippen LogP contribution in [0, 0.1) is 0 Å². The molecule has 0 aliphatic heterocycles. The van der Waals surface area contributed by atoms with Gasteiger partial charge in [0.05, 0.1) is 11.1 Å². The van der Waals surface area contributed by atoms with E-state index in [2.05, 4.69) is 20.7 Å². The van der Waals surface area contributed by atoms with Crippen LogP contribution >= 0.6 is 15.9 Å². The smallest absolute Gasteiger partial charge is 0.387 e. The average molecular weight is 337 g/mol. The van der Waals surface area contributed by atoms with Gasteiger partial charge >= 0.3 is 12.6 Å². The number of hydrogen-bond acceptors (Lipinski definition) is 3. The lowest BCUT2D eigenvalue weighted by Crippen LogP contribution is -2.05. The summed E-state index contributed by atoms with van der Waals surface area (Å²) in [4.78, 5) is 10.4. The van der Waals surface area contributed by atoms with E-state index < -0.39 is 12.6 Å². The van der Waals surface area contributed by atoms with E-state index in [0.717, 1.165) is 6.08 Å². The van der Waals surface area contributed by atoms with Gasteiger partial charge in [0.25, 0.3) is 0 Å². The van der Waals surface area contributed by atoms with E-state index in [1.807, 2.05) is 0 Å². The monoisotopic (exact) mass is 336 g/mol. The number of aliphatic carboxylic acids is 1. The Kier molecular flexibility index (Phi) is 5.75. The summed E-state index contributed by atoms with van der Waals surface area (Å²) in [5, 5.41) is 8.54. The van der Waals surface area contributed by atoms with Gasteiger partial charge in [-0.15, -0.1) is 0 Å². The van der Waals surface area contributed by atoms with Gasteiger partial charge in [-0.25, -0.2) is 4.79 Å². The van der Waals surface area contributed by atoms with Crippen LogP contribution in [0.25, 0.3) is 6.08 Å². The summed E-state index contributed by atoms with van der Waals surface area (Å²) >= 11 is 3.08. The third-order valence-corrected chi connectivity index (χ3v) is 2.55. The average Bonchev–Trinajstić information content (AvgIpc) is 2.31. The van der Waals surface area contributed by atoms with E-state index in [1.54, 1.807) is 6.92 Å². The predicted molar refractivity (Wildman–Crippen MR) is 68.6 cm³/mol. The van der Waals surface area contributed by atoms with Crippen LogP contribution in [0.5, 0.6) is 11.5 Å². The summed E-state index contributed by atoms with van der Waals surface area (Å²) in [6.07, 6.45) is 2.26. The van der Waals surface area contributed by atoms with Gasteiger partial charge in [0.15, 0.2) is 11.5 Å². The van der Waals surface area contributed by atoms with Crippen LogP contribution in [0.1, 0.15) is 12.5 Å². The molecule has 0 aliphatic rings. The summed E-state index contributed by atoms with van der Waals surface area (Å²) in [5.74, 6) is -1.12. The van der Waals surface area contributed by atoms with Gasteiger partial charge in [-0.05, 0) is 46.6 Å². The second-order valence-electron chi connectivity index (χ2n) is 3.31. The fourth-order valence-electron chi connectivity index (χ4n) is 1.32. The van der Waals surface area contributed by atoms with Crippen LogP contribution in [0.2, 0.25) is 0 Å². The first-order valence-corrected chi connectivity index (χ1v) is 6.05. The molecule has 0 spiro atoms. The highest BCUT2D eigenvalue weighted by Crippen LogP contribution is 2.38. The molecule has 0 radical (unpaired) electrons. The summed E-state index contributed by atoms with van der Waals surface area (Å²) in [6.45, 7) is -1.02. The molecule has 1 aromatic rings. The van der Waals surface area contributed by atoms with Gasteiger partial charge in [-0.3, -0.25) is 0 Å². The number of alkyl halides is 2. The zero-order chi connectivity index (χ0) is 14.4. The van der Waals surface area contributed by atoms with Crippen molar-refractivity contribution in [2.24, 2.45) is 0 Å². The second-order valence-corrected chi connectivity index (χ2v) is 4.17. The molecule has 0 atom stereocenters. The Bertz CT molecular complexity index is 489. The molecule has 7 heteroatoms. The largest absolute Gasteiger partial charge is 0.490 e. The molecule has 0 bridgehead atoms. The molecule has 0 saturated carbocycles. The van der Waals surface area contributed by atoms with Crippen molar-refractivity contribution in [3.8, 4) is 11.5 Å². The van der Waals surface area contributed by atoms with Gasteiger partial charge in [0.2, 0.25) is 0 Å². The Morgan fingerprint density at radius 1 is 1.53 bits per heavy atom. The molecule has 0 aliphatic carbocycles. The molecular weight excluding hydrogens is 326 g/mol. The zero-order valence-electron chi connectivity index (χ0n) is 9.90. The third kappa shape index (κ3) is 4.86. The first-order valence-electron chi connectivity index (χ1n) is 5.26. The molecule has 0 amide bonds. The van der Waals surface area contributed by atoms with E-state index >= 15 is 0 Å². The van der Waals surface area contributed by atoms with Gasteiger partial charge in [-0.1, -0.05) is 0 Å². The number of ether oxygens (including phenoxy) is 2. The van der Waals surface area contributed by atoms with E-state index in [0.29, 0.717) is 5.56 Å². The minimum Gasteiger partial charge on any atom is -0.490 e. The molecule has 0 unspecified atom stereocenters. The fourth-order valence-corrected chi connectivity index (χ4v) is 1.87. The molecule has 1 rings (SSSR count). The molecule has 0 saturated heterocycles. The van der Waals surface area contributed by atoms with Crippen LogP contribution in [-0.4, -0.2) is 24.3 Å². The number of carboxylic acids is 1. The molecule has 104 valence electrons. The van der Waals surface area contributed by atoms with Crippen LogP contribution in [0.3, 0.4) is 0 Å². The van der Waals surface area contributed by atoms with Crippen LogP contribution in [0.4, 0.5) is 8.78 Å². The van der Waals surface area contributed by atoms with Crippen molar-refractivity contribution in [1.82, 2.24) is 0 Å². The summed E-state index contributed by atoms with van der Waals surface area (Å²) in [7, 11) is 0. The minimum absolute atomic E-state index is 0.113. The summed E-state index contributed by atoms with van der Waals surface area (Å²) in [5.41, 5.74) is 0.486. The van der Waals surface area contributed by atoms with Gasteiger partial charge < -0.3 is 14.6 Å². The summed E-state index contributed by atoms with van der Waals surface area (Å²) in [6, 6.07) is 2.88. The first-order chi connectivity index (χ1) is 8.93. The number of rotatable bonds is 6. The maximum atomic E-state index is 12.3. The Balaban J connectivity index is 3.16. The van der Waals surface area contributed by atoms with Crippen LogP contribution in [-0.2, 0) is 4.79 Å². The Morgan fingerprint density at radius 2 is 2.21 bits per heavy atom. The normalized spacial score (nSPS) is 11.0. The van der Waals surface area contributed by atoms with E-state index in [4.69, 9.17) is 9.84 Å². The predicted octanol–water partition coefficient (Wildman–Crippen LogP) is 3.55. The van der Waals surface area contributed by atoms with Gasteiger partial charge in [-0.2, -0.15) is 8.78 Å². The molecule has 0 fully saturated rings. The molecule has 0 aromatic heterocycles. The molecule has 1 N–H and O–H groups in total. The van der Waals surface area contributed by atoms with Gasteiger partial charge in [0.1, 0.15) is 0 Å². The third-order valence-electron chi connectivity index (χ3n) is 1.96. The number of carbonyl (C=O) groups is 1. The quantitative estimate of drug-likeness (QED) is 0.807. The molecule has 19 heavy (non-hydrogen) atoms. The minimum atomic E-state index is -2.98. The summed E-state index contributed by atoms with van der Waals surface area (Å²) < 4.78 is 34.4. The van der Waals surface area contributed by atoms with Crippen molar-refractivity contribution in [3.05, 3.63) is 28.2 Å². The molecular formula is C12H11BrF2O4. The number of benzene rings is 1. The standard InChI is InChI=1S/C12H11BrF2O4/c1-2-18-9-6-7(3-4-10(16)17)5-8(13)11(9)19-12(14)15/h3-6,12H,2H2,1H3,(H,16,17)/b4-3+. The van der Waals surface area contributed by atoms with Crippen molar-refractivity contribution in [2.45, 2.75) is 13.5 Å². The van der Waals surface area contributed by atoms with Crippen molar-refractivity contribution < 1.29 is 28.2 Å². The van der Waals surface area contributed by atoms with E-state index in [-0.39, 0.29) is 22.6 Å². The van der Waals surface area contributed by atoms with Crippen molar-refractivity contribution in [2.75, 3.05) is 6.61 Å². The Labute approximate surface area is 116 Å². The number of hydrogen-bond donors (Lipinski definition) is 1. The second kappa shape index (κ2) is 7.08. The van der Waals surface area contributed by atoms with E-state index in [1.165, 1.54) is 18.2 Å². The van der Waals surface area contributed by atoms with Crippen molar-refractivity contribution >= 4 is 28.0 Å². The maximum Gasteiger partial charge on any atom is 0.387 e. The molecule has 1 aromatic carbocycles. The topological polar surface area (TPSA) is 55.8 Å². The van der Waals surface area contributed by atoms with Crippen molar-refractivity contribution in [1.29, 1.82) is 0 Å². The van der Waals surface area contributed by atoms with Gasteiger partial charge in [0, 0.05) is 6.08 Å². The first kappa shape index (κ1) is 15.4. The SMILES string of the molecule is CCOc1cc(/C=C/C(=O)O)cc(Br)c1OC(F)F.